The molecule has 0 fully saturated rings. The predicted octanol–water partition coefficient (Wildman–Crippen LogP) is 2.84. The summed E-state index contributed by atoms with van der Waals surface area (Å²) >= 11 is 0. The monoisotopic (exact) mass is 312 g/mol. The molecule has 6 heteroatoms. The zero-order chi connectivity index (χ0) is 16.2. The normalized spacial score (nSPS) is 17.0. The number of amides is 2. The Bertz CT molecular complexity index is 694. The highest BCUT2D eigenvalue weighted by atomic mass is 16.5. The standard InChI is InChI=1S/C17H20N4O2/c1-12(2)16-6-4-8-21(16)17(22)19-11-14-9-15(20-23-14)13-5-3-7-18-10-13/h3-7,9-10,12,16H,8,11H2,1-2H3,(H,19,22)/t16-/m1/s1. The molecule has 2 aromatic rings. The van der Waals surface area contributed by atoms with Gasteiger partial charge < -0.3 is 14.7 Å². The molecule has 120 valence electrons. The Morgan fingerprint density at radius 2 is 2.39 bits per heavy atom. The van der Waals surface area contributed by atoms with Gasteiger partial charge in [-0.1, -0.05) is 31.2 Å². The molecule has 23 heavy (non-hydrogen) atoms. The second-order valence-electron chi connectivity index (χ2n) is 5.89. The molecular weight excluding hydrogens is 292 g/mol. The summed E-state index contributed by atoms with van der Waals surface area (Å²) in [5, 5.41) is 6.90. The lowest BCUT2D eigenvalue weighted by molar-refractivity contribution is 0.184. The summed E-state index contributed by atoms with van der Waals surface area (Å²) < 4.78 is 5.28. The summed E-state index contributed by atoms with van der Waals surface area (Å²) in [5.41, 5.74) is 1.60. The minimum atomic E-state index is -0.0898. The van der Waals surface area contributed by atoms with E-state index >= 15 is 0 Å². The number of urea groups is 1. The fourth-order valence-electron chi connectivity index (χ4n) is 2.65. The van der Waals surface area contributed by atoms with Crippen LogP contribution in [0.25, 0.3) is 11.3 Å². The smallest absolute Gasteiger partial charge is 0.318 e. The van der Waals surface area contributed by atoms with Gasteiger partial charge in [-0.2, -0.15) is 0 Å². The van der Waals surface area contributed by atoms with Crippen molar-refractivity contribution in [2.24, 2.45) is 5.92 Å². The Hall–Kier alpha value is -2.63. The van der Waals surface area contributed by atoms with E-state index < -0.39 is 0 Å². The van der Waals surface area contributed by atoms with Gasteiger partial charge >= 0.3 is 6.03 Å². The van der Waals surface area contributed by atoms with Crippen LogP contribution in [0, 0.1) is 5.92 Å². The van der Waals surface area contributed by atoms with Gasteiger partial charge in [0.05, 0.1) is 12.6 Å². The highest BCUT2D eigenvalue weighted by Crippen LogP contribution is 2.19. The van der Waals surface area contributed by atoms with Gasteiger partial charge in [-0.3, -0.25) is 4.98 Å². The SMILES string of the molecule is CC(C)[C@H]1C=CCN1C(=O)NCc1cc(-c2cccnc2)no1. The highest BCUT2D eigenvalue weighted by molar-refractivity contribution is 5.75. The number of hydrogen-bond acceptors (Lipinski definition) is 4. The first-order valence-corrected chi connectivity index (χ1v) is 7.72. The molecule has 6 nitrogen and oxygen atoms in total. The first-order chi connectivity index (χ1) is 11.1. The molecule has 1 aliphatic rings. The molecule has 0 spiro atoms. The fraction of sp³-hybridized carbons (Fsp3) is 0.353. The lowest BCUT2D eigenvalue weighted by Crippen LogP contribution is -2.44. The fourth-order valence-corrected chi connectivity index (χ4v) is 2.65. The van der Waals surface area contributed by atoms with E-state index in [-0.39, 0.29) is 12.1 Å². The molecular formula is C17H20N4O2. The Kier molecular flexibility index (Phi) is 4.41. The van der Waals surface area contributed by atoms with E-state index in [2.05, 4.69) is 35.4 Å². The molecule has 0 bridgehead atoms. The Balaban J connectivity index is 1.59. The molecule has 2 amide bonds. The van der Waals surface area contributed by atoms with Crippen LogP contribution in [-0.4, -0.2) is 33.7 Å². The van der Waals surface area contributed by atoms with Crippen LogP contribution in [0.1, 0.15) is 19.6 Å². The van der Waals surface area contributed by atoms with Gasteiger partial charge in [0, 0.05) is 30.6 Å². The summed E-state index contributed by atoms with van der Waals surface area (Å²) in [5.74, 6) is 1.01. The Morgan fingerprint density at radius 3 is 3.13 bits per heavy atom. The number of aromatic nitrogens is 2. The van der Waals surface area contributed by atoms with Crippen LogP contribution in [-0.2, 0) is 6.54 Å². The number of hydrogen-bond donors (Lipinski definition) is 1. The molecule has 3 rings (SSSR count). The third kappa shape index (κ3) is 3.41. The van der Waals surface area contributed by atoms with Gasteiger partial charge in [-0.05, 0) is 18.1 Å². The van der Waals surface area contributed by atoms with Crippen LogP contribution in [0.4, 0.5) is 4.79 Å². The first-order valence-electron chi connectivity index (χ1n) is 7.72. The van der Waals surface area contributed by atoms with Crippen molar-refractivity contribution < 1.29 is 9.32 Å². The maximum absolute atomic E-state index is 12.3. The van der Waals surface area contributed by atoms with E-state index in [9.17, 15) is 4.79 Å². The number of carbonyl (C=O) groups excluding carboxylic acids is 1. The average molecular weight is 312 g/mol. The van der Waals surface area contributed by atoms with Crippen LogP contribution in [0.2, 0.25) is 0 Å². The lowest BCUT2D eigenvalue weighted by Gasteiger charge is -2.27. The molecule has 1 aliphatic heterocycles. The van der Waals surface area contributed by atoms with E-state index in [0.29, 0.717) is 30.5 Å². The van der Waals surface area contributed by atoms with E-state index in [0.717, 1.165) is 5.56 Å². The van der Waals surface area contributed by atoms with Gasteiger partial charge in [-0.15, -0.1) is 0 Å². The second kappa shape index (κ2) is 6.64. The summed E-state index contributed by atoms with van der Waals surface area (Å²) in [6, 6.07) is 5.64. The van der Waals surface area contributed by atoms with Crippen molar-refractivity contribution in [1.82, 2.24) is 20.4 Å². The number of carbonyl (C=O) groups is 1. The van der Waals surface area contributed by atoms with Crippen molar-refractivity contribution in [3.05, 3.63) is 48.5 Å². The van der Waals surface area contributed by atoms with Crippen LogP contribution in [0.5, 0.6) is 0 Å². The second-order valence-corrected chi connectivity index (χ2v) is 5.89. The van der Waals surface area contributed by atoms with E-state index in [1.807, 2.05) is 29.2 Å². The molecule has 1 N–H and O–H groups in total. The third-order valence-electron chi connectivity index (χ3n) is 3.87. The quantitative estimate of drug-likeness (QED) is 0.881. The highest BCUT2D eigenvalue weighted by Gasteiger charge is 2.26. The Morgan fingerprint density at radius 1 is 1.52 bits per heavy atom. The minimum absolute atomic E-state index is 0.0898. The van der Waals surface area contributed by atoms with Crippen LogP contribution >= 0.6 is 0 Å². The van der Waals surface area contributed by atoms with Crippen molar-refractivity contribution in [3.63, 3.8) is 0 Å². The minimum Gasteiger partial charge on any atom is -0.359 e. The third-order valence-corrected chi connectivity index (χ3v) is 3.87. The van der Waals surface area contributed by atoms with Gasteiger partial charge in [-0.25, -0.2) is 4.79 Å². The van der Waals surface area contributed by atoms with Crippen molar-refractivity contribution >= 4 is 6.03 Å². The number of rotatable bonds is 4. The zero-order valence-electron chi connectivity index (χ0n) is 13.3. The van der Waals surface area contributed by atoms with Crippen molar-refractivity contribution in [3.8, 4) is 11.3 Å². The molecule has 0 unspecified atom stereocenters. The molecule has 0 aromatic carbocycles. The average Bonchev–Trinajstić information content (AvgIpc) is 3.23. The number of nitrogens with zero attached hydrogens (tertiary/aromatic N) is 3. The van der Waals surface area contributed by atoms with Gasteiger partial charge in [0.2, 0.25) is 0 Å². The first kappa shape index (κ1) is 15.3. The largest absolute Gasteiger partial charge is 0.359 e. The number of pyridine rings is 1. The summed E-state index contributed by atoms with van der Waals surface area (Å²) in [6.45, 7) is 5.17. The summed E-state index contributed by atoms with van der Waals surface area (Å²) in [7, 11) is 0. The van der Waals surface area contributed by atoms with Gasteiger partial charge in [0.1, 0.15) is 5.69 Å². The topological polar surface area (TPSA) is 71.3 Å². The molecule has 0 saturated heterocycles. The number of nitrogens with one attached hydrogen (secondary N) is 1. The van der Waals surface area contributed by atoms with Crippen LogP contribution < -0.4 is 5.32 Å². The predicted molar refractivity (Wildman–Crippen MR) is 86.4 cm³/mol. The van der Waals surface area contributed by atoms with Crippen molar-refractivity contribution in [2.75, 3.05) is 6.54 Å². The maximum atomic E-state index is 12.3. The maximum Gasteiger partial charge on any atom is 0.318 e. The van der Waals surface area contributed by atoms with E-state index in [1.54, 1.807) is 12.4 Å². The molecule has 2 aromatic heterocycles. The van der Waals surface area contributed by atoms with Gasteiger partial charge in [0.15, 0.2) is 5.76 Å². The van der Waals surface area contributed by atoms with Crippen LogP contribution in [0.15, 0.2) is 47.3 Å². The van der Waals surface area contributed by atoms with Crippen molar-refractivity contribution in [1.29, 1.82) is 0 Å². The lowest BCUT2D eigenvalue weighted by atomic mass is 10.1. The zero-order valence-corrected chi connectivity index (χ0v) is 13.3. The van der Waals surface area contributed by atoms with Crippen LogP contribution in [0.3, 0.4) is 0 Å². The molecule has 0 radical (unpaired) electrons. The molecule has 0 aliphatic carbocycles. The Labute approximate surface area is 135 Å². The molecule has 3 heterocycles. The molecule has 0 saturated carbocycles. The van der Waals surface area contributed by atoms with Crippen molar-refractivity contribution in [2.45, 2.75) is 26.4 Å². The summed E-state index contributed by atoms with van der Waals surface area (Å²) in [4.78, 5) is 18.2. The molecule has 1 atom stereocenters. The van der Waals surface area contributed by atoms with Gasteiger partial charge in [0.25, 0.3) is 0 Å². The van der Waals surface area contributed by atoms with E-state index in [1.165, 1.54) is 0 Å². The van der Waals surface area contributed by atoms with E-state index in [4.69, 9.17) is 4.52 Å². The summed E-state index contributed by atoms with van der Waals surface area (Å²) in [6.07, 6.45) is 7.54.